The Labute approximate surface area is 173 Å². The van der Waals surface area contributed by atoms with Gasteiger partial charge in [0.2, 0.25) is 23.2 Å². The van der Waals surface area contributed by atoms with Crippen molar-refractivity contribution in [2.75, 3.05) is 10.7 Å². The number of fused-ring (bicyclic) bond motifs is 3. The van der Waals surface area contributed by atoms with E-state index in [-0.39, 0.29) is 11.8 Å². The van der Waals surface area contributed by atoms with Crippen LogP contribution in [0.4, 0.5) is 5.69 Å². The molecule has 0 spiro atoms. The Morgan fingerprint density at radius 2 is 2.14 bits per heavy atom. The van der Waals surface area contributed by atoms with Gasteiger partial charge in [0.05, 0.1) is 5.69 Å². The number of hydrogen-bond donors (Lipinski definition) is 0. The number of amides is 1. The molecule has 0 N–H and O–H groups in total. The molecule has 0 radical (unpaired) electrons. The molecule has 4 rings (SSSR count). The quantitative estimate of drug-likeness (QED) is 0.416. The number of carbonyl (C=O) groups is 1. The van der Waals surface area contributed by atoms with Gasteiger partial charge >= 0.3 is 0 Å². The number of furan rings is 1. The Morgan fingerprint density at radius 1 is 1.32 bits per heavy atom. The Bertz CT molecular complexity index is 1060. The van der Waals surface area contributed by atoms with Crippen molar-refractivity contribution in [3.63, 3.8) is 0 Å². The molecule has 0 aliphatic carbocycles. The van der Waals surface area contributed by atoms with Crippen LogP contribution in [0.5, 0.6) is 5.88 Å². The zero-order valence-corrected chi connectivity index (χ0v) is 17.2. The van der Waals surface area contributed by atoms with Gasteiger partial charge in [0.25, 0.3) is 0 Å². The van der Waals surface area contributed by atoms with Crippen LogP contribution in [0.25, 0.3) is 11.3 Å². The first-order valence-electron chi connectivity index (χ1n) is 8.38. The lowest BCUT2D eigenvalue weighted by atomic mass is 10.1. The summed E-state index contributed by atoms with van der Waals surface area (Å²) in [6.07, 6.45) is 0.927. The topological polar surface area (TPSA) is 81.3 Å². The van der Waals surface area contributed by atoms with E-state index < -0.39 is 6.23 Å². The Balaban J connectivity index is 1.91. The standard InChI is InChI=1S/C19H15BrN4O3S/c1-3-10-28-19-21-17-16(22-23-19)12-6-4-5-7-13(12)24(11(2)25)18(27-17)14-8-9-15(20)26-14/h3-9,18H,1,10H2,2H3/t18-/m0/s1. The summed E-state index contributed by atoms with van der Waals surface area (Å²) in [4.78, 5) is 18.6. The summed E-state index contributed by atoms with van der Waals surface area (Å²) in [5.41, 5.74) is 1.83. The maximum atomic E-state index is 12.6. The summed E-state index contributed by atoms with van der Waals surface area (Å²) in [5, 5.41) is 8.98. The fraction of sp³-hybridized carbons (Fsp3) is 0.158. The monoisotopic (exact) mass is 458 g/mol. The highest BCUT2D eigenvalue weighted by Crippen LogP contribution is 2.43. The maximum Gasteiger partial charge on any atom is 0.247 e. The molecule has 0 saturated carbocycles. The average Bonchev–Trinajstić information content (AvgIpc) is 3.06. The molecule has 0 fully saturated rings. The van der Waals surface area contributed by atoms with E-state index in [1.807, 2.05) is 24.3 Å². The number of thioether (sulfide) groups is 1. The fourth-order valence-electron chi connectivity index (χ4n) is 2.89. The number of benzene rings is 1. The van der Waals surface area contributed by atoms with Gasteiger partial charge in [-0.1, -0.05) is 36.0 Å². The molecule has 9 heteroatoms. The average molecular weight is 459 g/mol. The van der Waals surface area contributed by atoms with E-state index in [1.54, 1.807) is 18.2 Å². The molecule has 1 aliphatic heterocycles. The molecule has 2 aromatic heterocycles. The van der Waals surface area contributed by atoms with E-state index in [4.69, 9.17) is 9.15 Å². The van der Waals surface area contributed by atoms with Gasteiger partial charge in [-0.05, 0) is 34.1 Å². The van der Waals surface area contributed by atoms with Gasteiger partial charge in [0.1, 0.15) is 0 Å². The molecule has 7 nitrogen and oxygen atoms in total. The number of para-hydroxylation sites is 1. The smallest absolute Gasteiger partial charge is 0.247 e. The molecule has 0 saturated heterocycles. The zero-order chi connectivity index (χ0) is 19.7. The maximum absolute atomic E-state index is 12.6. The number of anilines is 1. The lowest BCUT2D eigenvalue weighted by Crippen LogP contribution is -2.35. The van der Waals surface area contributed by atoms with E-state index in [0.29, 0.717) is 38.3 Å². The van der Waals surface area contributed by atoms with Gasteiger partial charge < -0.3 is 9.15 Å². The largest absolute Gasteiger partial charge is 0.448 e. The van der Waals surface area contributed by atoms with Crippen molar-refractivity contribution >= 4 is 39.3 Å². The minimum absolute atomic E-state index is 0.202. The summed E-state index contributed by atoms with van der Waals surface area (Å²) in [7, 11) is 0. The summed E-state index contributed by atoms with van der Waals surface area (Å²) in [6.45, 7) is 5.18. The van der Waals surface area contributed by atoms with Crippen LogP contribution >= 0.6 is 27.7 Å². The lowest BCUT2D eigenvalue weighted by Gasteiger charge is -2.28. The number of hydrogen-bond acceptors (Lipinski definition) is 7. The third-order valence-corrected chi connectivity index (χ3v) is 5.28. The van der Waals surface area contributed by atoms with Gasteiger partial charge in [-0.3, -0.25) is 9.69 Å². The van der Waals surface area contributed by atoms with Gasteiger partial charge in [-0.2, -0.15) is 4.98 Å². The number of halogens is 1. The summed E-state index contributed by atoms with van der Waals surface area (Å²) in [6, 6.07) is 10.9. The molecule has 28 heavy (non-hydrogen) atoms. The van der Waals surface area contributed by atoms with Crippen molar-refractivity contribution in [1.29, 1.82) is 0 Å². The van der Waals surface area contributed by atoms with Gasteiger partial charge in [-0.15, -0.1) is 16.8 Å². The second-order valence-corrected chi connectivity index (χ2v) is 7.63. The fourth-order valence-corrected chi connectivity index (χ4v) is 3.73. The van der Waals surface area contributed by atoms with Crippen LogP contribution in [0, 0.1) is 0 Å². The molecule has 0 unspecified atom stereocenters. The molecular formula is C19H15BrN4O3S. The molecule has 142 valence electrons. The number of nitrogens with zero attached hydrogens (tertiary/aromatic N) is 4. The van der Waals surface area contributed by atoms with E-state index in [2.05, 4.69) is 37.7 Å². The molecule has 0 bridgehead atoms. The van der Waals surface area contributed by atoms with Crippen LogP contribution in [0.15, 0.2) is 63.3 Å². The van der Waals surface area contributed by atoms with E-state index >= 15 is 0 Å². The molecule has 1 atom stereocenters. The van der Waals surface area contributed by atoms with Crippen molar-refractivity contribution in [3.8, 4) is 17.1 Å². The van der Waals surface area contributed by atoms with E-state index in [9.17, 15) is 4.79 Å². The van der Waals surface area contributed by atoms with Crippen LogP contribution in [0.2, 0.25) is 0 Å². The van der Waals surface area contributed by atoms with Gasteiger partial charge in [-0.25, -0.2) is 0 Å². The Morgan fingerprint density at radius 3 is 2.86 bits per heavy atom. The van der Waals surface area contributed by atoms with Gasteiger partial charge in [0, 0.05) is 18.2 Å². The second kappa shape index (κ2) is 7.76. The van der Waals surface area contributed by atoms with Crippen molar-refractivity contribution in [1.82, 2.24) is 15.2 Å². The molecule has 1 aliphatic rings. The Kier molecular flexibility index (Phi) is 5.19. The highest BCUT2D eigenvalue weighted by Gasteiger charge is 2.36. The van der Waals surface area contributed by atoms with Crippen LogP contribution in [0.1, 0.15) is 18.9 Å². The highest BCUT2D eigenvalue weighted by molar-refractivity contribution is 9.10. The Hall–Kier alpha value is -2.65. The summed E-state index contributed by atoms with van der Waals surface area (Å²) in [5.74, 6) is 1.19. The van der Waals surface area contributed by atoms with E-state index in [0.717, 1.165) is 0 Å². The van der Waals surface area contributed by atoms with Crippen molar-refractivity contribution in [2.24, 2.45) is 0 Å². The predicted molar refractivity (Wildman–Crippen MR) is 109 cm³/mol. The minimum Gasteiger partial charge on any atom is -0.448 e. The normalized spacial score (nSPS) is 15.2. The van der Waals surface area contributed by atoms with Crippen LogP contribution in [-0.4, -0.2) is 26.8 Å². The summed E-state index contributed by atoms with van der Waals surface area (Å²) < 4.78 is 12.4. The third kappa shape index (κ3) is 3.43. The van der Waals surface area contributed by atoms with E-state index in [1.165, 1.54) is 23.6 Å². The summed E-state index contributed by atoms with van der Waals surface area (Å²) >= 11 is 4.70. The predicted octanol–water partition coefficient (Wildman–Crippen LogP) is 4.62. The third-order valence-electron chi connectivity index (χ3n) is 4.02. The molecule has 3 heterocycles. The SMILES string of the molecule is C=CCSc1nnc2c(n1)O[C@@H](c1ccc(Br)o1)N(C(C)=O)c1ccccc1-2. The van der Waals surface area contributed by atoms with Crippen molar-refractivity contribution < 1.29 is 13.9 Å². The lowest BCUT2D eigenvalue weighted by molar-refractivity contribution is -0.118. The number of aromatic nitrogens is 3. The minimum atomic E-state index is -0.833. The first kappa shape index (κ1) is 18.7. The highest BCUT2D eigenvalue weighted by atomic mass is 79.9. The van der Waals surface area contributed by atoms with Crippen LogP contribution < -0.4 is 9.64 Å². The molecule has 3 aromatic rings. The second-order valence-electron chi connectivity index (χ2n) is 5.87. The van der Waals surface area contributed by atoms with Crippen LogP contribution in [0.3, 0.4) is 0 Å². The first-order valence-corrected chi connectivity index (χ1v) is 10.2. The molecular weight excluding hydrogens is 444 g/mol. The van der Waals surface area contributed by atoms with Crippen molar-refractivity contribution in [3.05, 3.63) is 59.5 Å². The molecule has 1 aromatic carbocycles. The number of rotatable bonds is 4. The van der Waals surface area contributed by atoms with Gasteiger partial charge in [0.15, 0.2) is 16.1 Å². The van der Waals surface area contributed by atoms with Crippen LogP contribution in [-0.2, 0) is 4.79 Å². The molecule has 1 amide bonds. The number of ether oxygens (including phenoxy) is 1. The first-order chi connectivity index (χ1) is 13.6. The van der Waals surface area contributed by atoms with Crippen molar-refractivity contribution in [2.45, 2.75) is 18.3 Å². The zero-order valence-electron chi connectivity index (χ0n) is 14.8. The number of carbonyl (C=O) groups excluding carboxylic acids is 1.